The summed E-state index contributed by atoms with van der Waals surface area (Å²) in [5, 5.41) is 3.66. The van der Waals surface area contributed by atoms with Crippen molar-refractivity contribution in [3.05, 3.63) is 39.3 Å². The maximum Gasteiger partial charge on any atom is 0.159 e. The van der Waals surface area contributed by atoms with Crippen molar-refractivity contribution in [3.8, 4) is 10.6 Å². The lowest BCUT2D eigenvalue weighted by atomic mass is 10.2. The van der Waals surface area contributed by atoms with Crippen LogP contribution in [0.3, 0.4) is 0 Å². The Hall–Kier alpha value is -0.850. The Morgan fingerprint density at radius 1 is 1.35 bits per heavy atom. The highest BCUT2D eigenvalue weighted by atomic mass is 79.9. The van der Waals surface area contributed by atoms with Crippen molar-refractivity contribution in [1.82, 2.24) is 10.3 Å². The van der Waals surface area contributed by atoms with Gasteiger partial charge in [-0.15, -0.1) is 11.3 Å². The molecule has 0 aliphatic rings. The average molecular weight is 319 g/mol. The van der Waals surface area contributed by atoms with E-state index < -0.39 is 11.6 Å². The van der Waals surface area contributed by atoms with E-state index in [9.17, 15) is 8.78 Å². The minimum atomic E-state index is -0.857. The molecule has 1 heterocycles. The second-order valence-electron chi connectivity index (χ2n) is 3.40. The highest BCUT2D eigenvalue weighted by Crippen LogP contribution is 2.32. The van der Waals surface area contributed by atoms with Gasteiger partial charge in [0, 0.05) is 12.1 Å². The Morgan fingerprint density at radius 3 is 2.76 bits per heavy atom. The van der Waals surface area contributed by atoms with Gasteiger partial charge in [0.05, 0.1) is 9.48 Å². The van der Waals surface area contributed by atoms with Crippen molar-refractivity contribution in [1.29, 1.82) is 0 Å². The van der Waals surface area contributed by atoms with E-state index in [0.717, 1.165) is 21.6 Å². The molecule has 0 unspecified atom stereocenters. The van der Waals surface area contributed by atoms with Crippen LogP contribution >= 0.6 is 27.3 Å². The van der Waals surface area contributed by atoms with E-state index >= 15 is 0 Å². The van der Waals surface area contributed by atoms with Gasteiger partial charge in [-0.25, -0.2) is 13.8 Å². The number of rotatable bonds is 3. The maximum atomic E-state index is 13.1. The predicted octanol–water partition coefficient (Wildman–Crippen LogP) is 3.57. The van der Waals surface area contributed by atoms with E-state index in [1.807, 2.05) is 7.05 Å². The normalized spacial score (nSPS) is 10.8. The van der Waals surface area contributed by atoms with Crippen LogP contribution in [-0.2, 0) is 6.54 Å². The zero-order valence-corrected chi connectivity index (χ0v) is 11.3. The molecular formula is C11H9BrF2N2S. The van der Waals surface area contributed by atoms with Gasteiger partial charge in [-0.05, 0) is 41.2 Å². The fourth-order valence-electron chi connectivity index (χ4n) is 1.36. The summed E-state index contributed by atoms with van der Waals surface area (Å²) in [6.07, 6.45) is 0. The van der Waals surface area contributed by atoms with Crippen LogP contribution in [0.5, 0.6) is 0 Å². The Kier molecular flexibility index (Phi) is 3.86. The smallest absolute Gasteiger partial charge is 0.159 e. The second-order valence-corrected chi connectivity index (χ2v) is 5.72. The third-order valence-corrected chi connectivity index (χ3v) is 4.04. The summed E-state index contributed by atoms with van der Waals surface area (Å²) < 4.78 is 26.8. The van der Waals surface area contributed by atoms with Gasteiger partial charge in [0.25, 0.3) is 0 Å². The van der Waals surface area contributed by atoms with Crippen molar-refractivity contribution in [2.24, 2.45) is 0 Å². The molecule has 0 bridgehead atoms. The van der Waals surface area contributed by atoms with E-state index in [2.05, 4.69) is 26.2 Å². The number of hydrogen-bond acceptors (Lipinski definition) is 3. The van der Waals surface area contributed by atoms with Gasteiger partial charge in [-0.3, -0.25) is 0 Å². The van der Waals surface area contributed by atoms with Crippen LogP contribution in [-0.4, -0.2) is 12.0 Å². The summed E-state index contributed by atoms with van der Waals surface area (Å²) in [7, 11) is 1.82. The molecule has 0 atom stereocenters. The number of nitrogens with zero attached hydrogens (tertiary/aromatic N) is 1. The molecule has 2 rings (SSSR count). The van der Waals surface area contributed by atoms with Gasteiger partial charge in [-0.1, -0.05) is 0 Å². The lowest BCUT2D eigenvalue weighted by molar-refractivity contribution is 0.509. The molecule has 2 aromatic rings. The van der Waals surface area contributed by atoms with Gasteiger partial charge < -0.3 is 5.32 Å². The Bertz CT molecular complexity index is 542. The molecule has 90 valence electrons. The molecular weight excluding hydrogens is 310 g/mol. The zero-order valence-electron chi connectivity index (χ0n) is 8.93. The molecule has 0 aliphatic carbocycles. The first-order chi connectivity index (χ1) is 8.11. The fraction of sp³-hybridized carbons (Fsp3) is 0.182. The standard InChI is InChI=1S/C11H9BrF2N2S/c1-15-5-9-10(12)17-11(16-9)6-2-3-7(13)8(14)4-6/h2-4,15H,5H2,1H3. The first-order valence-corrected chi connectivity index (χ1v) is 6.48. The Morgan fingerprint density at radius 2 is 2.12 bits per heavy atom. The molecule has 6 heteroatoms. The predicted molar refractivity (Wildman–Crippen MR) is 67.9 cm³/mol. The van der Waals surface area contributed by atoms with E-state index in [1.165, 1.54) is 17.4 Å². The molecule has 0 aliphatic heterocycles. The summed E-state index contributed by atoms with van der Waals surface area (Å²) in [6, 6.07) is 3.79. The van der Waals surface area contributed by atoms with E-state index in [0.29, 0.717) is 17.1 Å². The van der Waals surface area contributed by atoms with Gasteiger partial charge in [-0.2, -0.15) is 0 Å². The lowest BCUT2D eigenvalue weighted by Gasteiger charge is -1.97. The van der Waals surface area contributed by atoms with E-state index in [4.69, 9.17) is 0 Å². The molecule has 1 aromatic heterocycles. The third kappa shape index (κ3) is 2.70. The first-order valence-electron chi connectivity index (χ1n) is 4.87. The zero-order chi connectivity index (χ0) is 12.4. The monoisotopic (exact) mass is 318 g/mol. The van der Waals surface area contributed by atoms with Crippen molar-refractivity contribution in [3.63, 3.8) is 0 Å². The largest absolute Gasteiger partial charge is 0.314 e. The van der Waals surface area contributed by atoms with Crippen LogP contribution in [0.1, 0.15) is 5.69 Å². The van der Waals surface area contributed by atoms with Gasteiger partial charge in [0.1, 0.15) is 5.01 Å². The molecule has 17 heavy (non-hydrogen) atoms. The highest BCUT2D eigenvalue weighted by molar-refractivity contribution is 9.11. The van der Waals surface area contributed by atoms with Crippen LogP contribution < -0.4 is 5.32 Å². The summed E-state index contributed by atoms with van der Waals surface area (Å²) in [5.41, 5.74) is 1.44. The molecule has 0 spiro atoms. The second kappa shape index (κ2) is 5.20. The quantitative estimate of drug-likeness (QED) is 0.935. The molecule has 0 amide bonds. The van der Waals surface area contributed by atoms with Crippen molar-refractivity contribution >= 4 is 27.3 Å². The molecule has 0 saturated carbocycles. The lowest BCUT2D eigenvalue weighted by Crippen LogP contribution is -2.05. The van der Waals surface area contributed by atoms with Crippen LogP contribution in [0.4, 0.5) is 8.78 Å². The molecule has 2 nitrogen and oxygen atoms in total. The summed E-state index contributed by atoms with van der Waals surface area (Å²) in [5.74, 6) is -1.70. The topological polar surface area (TPSA) is 24.9 Å². The minimum Gasteiger partial charge on any atom is -0.314 e. The van der Waals surface area contributed by atoms with Crippen LogP contribution in [0.25, 0.3) is 10.6 Å². The highest BCUT2D eigenvalue weighted by Gasteiger charge is 2.11. The van der Waals surface area contributed by atoms with Crippen LogP contribution in [0, 0.1) is 11.6 Å². The molecule has 1 aromatic carbocycles. The summed E-state index contributed by atoms with van der Waals surface area (Å²) in [4.78, 5) is 4.36. The Labute approximate surface area is 110 Å². The van der Waals surface area contributed by atoms with Gasteiger partial charge in [0.15, 0.2) is 11.6 Å². The fourth-order valence-corrected chi connectivity index (χ4v) is 2.86. The first kappa shape index (κ1) is 12.6. The average Bonchev–Trinajstić information content (AvgIpc) is 2.65. The summed E-state index contributed by atoms with van der Waals surface area (Å²) >= 11 is 4.80. The molecule has 0 radical (unpaired) electrons. The third-order valence-electron chi connectivity index (χ3n) is 2.16. The number of aromatic nitrogens is 1. The molecule has 0 saturated heterocycles. The molecule has 0 fully saturated rings. The van der Waals surface area contributed by atoms with Gasteiger partial charge >= 0.3 is 0 Å². The minimum absolute atomic E-state index is 0.581. The number of halogens is 3. The van der Waals surface area contributed by atoms with Crippen molar-refractivity contribution in [2.75, 3.05) is 7.05 Å². The van der Waals surface area contributed by atoms with Crippen molar-refractivity contribution in [2.45, 2.75) is 6.54 Å². The Balaban J connectivity index is 2.39. The van der Waals surface area contributed by atoms with Gasteiger partial charge in [0.2, 0.25) is 0 Å². The number of nitrogens with one attached hydrogen (secondary N) is 1. The summed E-state index contributed by atoms with van der Waals surface area (Å²) in [6.45, 7) is 0.626. The van der Waals surface area contributed by atoms with E-state index in [-0.39, 0.29) is 0 Å². The SMILES string of the molecule is CNCc1nc(-c2ccc(F)c(F)c2)sc1Br. The maximum absolute atomic E-state index is 13.1. The number of thiazole rings is 1. The number of benzene rings is 1. The molecule has 1 N–H and O–H groups in total. The van der Waals surface area contributed by atoms with Crippen LogP contribution in [0.2, 0.25) is 0 Å². The van der Waals surface area contributed by atoms with E-state index in [1.54, 1.807) is 0 Å². The van der Waals surface area contributed by atoms with Crippen molar-refractivity contribution < 1.29 is 8.78 Å². The number of hydrogen-bond donors (Lipinski definition) is 1. The van der Waals surface area contributed by atoms with Crippen LogP contribution in [0.15, 0.2) is 22.0 Å².